The molecule has 3 aromatic carbocycles. The Kier molecular flexibility index (Phi) is 4.68. The SMILES string of the molecule is COc1cccc(C(=O)[C@H]2[C@@H](C(C)=O)N3c4ccccc4C=C[C@H]3[C@@]23C(=O)Nc2ccccc23)c1. The number of hydrogen-bond donors (Lipinski definition) is 1. The predicted molar refractivity (Wildman–Crippen MR) is 134 cm³/mol. The van der Waals surface area contributed by atoms with Crippen LogP contribution in [0.2, 0.25) is 0 Å². The Bertz CT molecular complexity index is 1430. The standard InChI is InChI=1S/C29H24N2O4/c1-17(32)26-25(27(33)19-9-7-10-20(16-19)35-2)29(21-11-4-5-12-22(21)30-28(29)34)24-15-14-18-8-3-6-13-23(18)31(24)26/h3-16,24-26H,1-2H3,(H,30,34)/t24-,25+,26+,29+/m0/s1. The number of para-hydroxylation sites is 2. The highest BCUT2D eigenvalue weighted by Crippen LogP contribution is 2.57. The van der Waals surface area contributed by atoms with Crippen molar-refractivity contribution < 1.29 is 19.1 Å². The van der Waals surface area contributed by atoms with E-state index in [2.05, 4.69) is 5.32 Å². The van der Waals surface area contributed by atoms with E-state index in [4.69, 9.17) is 4.74 Å². The number of fused-ring (bicyclic) bond motifs is 6. The highest BCUT2D eigenvalue weighted by molar-refractivity contribution is 6.16. The molecule has 0 bridgehead atoms. The van der Waals surface area contributed by atoms with E-state index in [0.717, 1.165) is 16.8 Å². The van der Waals surface area contributed by atoms with Gasteiger partial charge in [-0.3, -0.25) is 14.4 Å². The van der Waals surface area contributed by atoms with Gasteiger partial charge in [-0.2, -0.15) is 0 Å². The molecule has 3 heterocycles. The number of anilines is 2. The number of carbonyl (C=O) groups is 3. The summed E-state index contributed by atoms with van der Waals surface area (Å²) in [5.74, 6) is -1.06. The molecule has 3 aliphatic rings. The molecule has 0 aliphatic carbocycles. The Hall–Kier alpha value is -4.19. The van der Waals surface area contributed by atoms with Gasteiger partial charge in [-0.1, -0.05) is 60.7 Å². The highest BCUT2D eigenvalue weighted by atomic mass is 16.5. The number of hydrogen-bond acceptors (Lipinski definition) is 5. The van der Waals surface area contributed by atoms with Crippen LogP contribution in [0.3, 0.4) is 0 Å². The number of ketones is 2. The quantitative estimate of drug-likeness (QED) is 0.584. The molecule has 0 aromatic heterocycles. The Labute approximate surface area is 203 Å². The van der Waals surface area contributed by atoms with Crippen molar-refractivity contribution in [2.24, 2.45) is 5.92 Å². The Balaban J connectivity index is 1.65. The monoisotopic (exact) mass is 464 g/mol. The van der Waals surface area contributed by atoms with Gasteiger partial charge in [-0.25, -0.2) is 0 Å². The van der Waals surface area contributed by atoms with E-state index in [1.165, 1.54) is 6.92 Å². The van der Waals surface area contributed by atoms with Crippen LogP contribution < -0.4 is 15.0 Å². The summed E-state index contributed by atoms with van der Waals surface area (Å²) in [6, 6.07) is 20.9. The lowest BCUT2D eigenvalue weighted by atomic mass is 9.64. The summed E-state index contributed by atoms with van der Waals surface area (Å²) in [5, 5.41) is 3.02. The maximum absolute atomic E-state index is 14.4. The van der Waals surface area contributed by atoms with E-state index in [-0.39, 0.29) is 17.5 Å². The maximum atomic E-state index is 14.4. The number of methoxy groups -OCH3 is 1. The highest BCUT2D eigenvalue weighted by Gasteiger charge is 2.69. The number of ether oxygens (including phenoxy) is 1. The van der Waals surface area contributed by atoms with Crippen LogP contribution in [0.25, 0.3) is 6.08 Å². The van der Waals surface area contributed by atoms with E-state index in [1.807, 2.05) is 65.6 Å². The summed E-state index contributed by atoms with van der Waals surface area (Å²) in [6.45, 7) is 1.51. The fourth-order valence-electron chi connectivity index (χ4n) is 6.23. The van der Waals surface area contributed by atoms with E-state index >= 15 is 0 Å². The maximum Gasteiger partial charge on any atom is 0.238 e. The number of nitrogens with zero attached hydrogens (tertiary/aromatic N) is 1. The van der Waals surface area contributed by atoms with Crippen LogP contribution in [0, 0.1) is 5.92 Å². The minimum absolute atomic E-state index is 0.157. The predicted octanol–water partition coefficient (Wildman–Crippen LogP) is 4.26. The molecule has 1 saturated heterocycles. The van der Waals surface area contributed by atoms with Crippen LogP contribution in [0.5, 0.6) is 5.75 Å². The van der Waals surface area contributed by atoms with E-state index in [0.29, 0.717) is 17.0 Å². The van der Waals surface area contributed by atoms with Crippen molar-refractivity contribution >= 4 is 34.9 Å². The first-order valence-corrected chi connectivity index (χ1v) is 11.6. The molecule has 0 unspecified atom stereocenters. The zero-order valence-electron chi connectivity index (χ0n) is 19.4. The zero-order chi connectivity index (χ0) is 24.3. The lowest BCUT2D eigenvalue weighted by molar-refractivity contribution is -0.122. The summed E-state index contributed by atoms with van der Waals surface area (Å²) in [4.78, 5) is 43.7. The number of carbonyl (C=O) groups excluding carboxylic acids is 3. The summed E-state index contributed by atoms with van der Waals surface area (Å²) in [7, 11) is 1.54. The van der Waals surface area contributed by atoms with Gasteiger partial charge >= 0.3 is 0 Å². The van der Waals surface area contributed by atoms with Crippen LogP contribution in [0.15, 0.2) is 78.9 Å². The summed E-state index contributed by atoms with van der Waals surface area (Å²) in [6.07, 6.45) is 3.96. The second kappa shape index (κ2) is 7.67. The molecule has 35 heavy (non-hydrogen) atoms. The van der Waals surface area contributed by atoms with Crippen molar-refractivity contribution in [1.29, 1.82) is 0 Å². The van der Waals surface area contributed by atoms with Gasteiger partial charge in [0.15, 0.2) is 11.6 Å². The van der Waals surface area contributed by atoms with Gasteiger partial charge in [0.05, 0.1) is 25.1 Å². The molecule has 0 radical (unpaired) electrons. The van der Waals surface area contributed by atoms with Crippen molar-refractivity contribution in [2.45, 2.75) is 24.4 Å². The smallest absolute Gasteiger partial charge is 0.238 e. The van der Waals surface area contributed by atoms with Crippen molar-refractivity contribution in [3.63, 3.8) is 0 Å². The summed E-state index contributed by atoms with van der Waals surface area (Å²) >= 11 is 0. The number of amides is 1. The second-order valence-corrected chi connectivity index (χ2v) is 9.27. The Morgan fingerprint density at radius 3 is 2.57 bits per heavy atom. The van der Waals surface area contributed by atoms with Crippen molar-refractivity contribution in [3.05, 3.63) is 95.6 Å². The van der Waals surface area contributed by atoms with Gasteiger partial charge in [0.25, 0.3) is 0 Å². The molecule has 3 aliphatic heterocycles. The molecule has 1 spiro atoms. The number of rotatable bonds is 4. The van der Waals surface area contributed by atoms with Gasteiger partial charge in [0, 0.05) is 16.9 Å². The molecule has 6 nitrogen and oxygen atoms in total. The molecule has 1 amide bonds. The molecular weight excluding hydrogens is 440 g/mol. The Morgan fingerprint density at radius 2 is 1.77 bits per heavy atom. The van der Waals surface area contributed by atoms with Crippen LogP contribution >= 0.6 is 0 Å². The van der Waals surface area contributed by atoms with E-state index in [1.54, 1.807) is 31.4 Å². The second-order valence-electron chi connectivity index (χ2n) is 9.27. The van der Waals surface area contributed by atoms with E-state index < -0.39 is 23.4 Å². The summed E-state index contributed by atoms with van der Waals surface area (Å²) < 4.78 is 5.36. The first kappa shape index (κ1) is 21.4. The average Bonchev–Trinajstić information content (AvgIpc) is 3.36. The average molecular weight is 465 g/mol. The van der Waals surface area contributed by atoms with Gasteiger partial charge in [-0.05, 0) is 42.3 Å². The van der Waals surface area contributed by atoms with Crippen LogP contribution in [0.1, 0.15) is 28.4 Å². The third-order valence-electron chi connectivity index (χ3n) is 7.60. The third kappa shape index (κ3) is 2.80. The van der Waals surface area contributed by atoms with Crippen molar-refractivity contribution in [2.75, 3.05) is 17.3 Å². The normalized spacial score (nSPS) is 25.6. The first-order valence-electron chi connectivity index (χ1n) is 11.6. The number of Topliss-reactive ketones (excluding diaryl/α,β-unsaturated/α-hetero) is 2. The lowest BCUT2D eigenvalue weighted by Gasteiger charge is -2.37. The van der Waals surface area contributed by atoms with Gasteiger partial charge in [0.2, 0.25) is 5.91 Å². The zero-order valence-corrected chi connectivity index (χ0v) is 19.4. The van der Waals surface area contributed by atoms with Crippen LogP contribution in [0.4, 0.5) is 11.4 Å². The number of benzene rings is 3. The van der Waals surface area contributed by atoms with Gasteiger partial charge in [-0.15, -0.1) is 0 Å². The molecule has 4 atom stereocenters. The number of nitrogens with one attached hydrogen (secondary N) is 1. The third-order valence-corrected chi connectivity index (χ3v) is 7.60. The molecule has 174 valence electrons. The van der Waals surface area contributed by atoms with Gasteiger partial charge in [0.1, 0.15) is 11.2 Å². The fourth-order valence-corrected chi connectivity index (χ4v) is 6.23. The molecule has 1 N–H and O–H groups in total. The van der Waals surface area contributed by atoms with Crippen molar-refractivity contribution in [3.8, 4) is 5.75 Å². The molecular formula is C29H24N2O4. The molecule has 3 aromatic rings. The minimum atomic E-state index is -1.27. The Morgan fingerprint density at radius 1 is 1.00 bits per heavy atom. The fraction of sp³-hybridized carbons (Fsp3) is 0.207. The molecule has 6 heteroatoms. The molecule has 1 fully saturated rings. The van der Waals surface area contributed by atoms with Crippen molar-refractivity contribution in [1.82, 2.24) is 0 Å². The molecule has 0 saturated carbocycles. The van der Waals surface area contributed by atoms with Crippen LogP contribution in [-0.4, -0.2) is 36.7 Å². The largest absolute Gasteiger partial charge is 0.497 e. The van der Waals surface area contributed by atoms with Crippen LogP contribution in [-0.2, 0) is 15.0 Å². The molecule has 6 rings (SSSR count). The summed E-state index contributed by atoms with van der Waals surface area (Å²) in [5.41, 5.74) is 2.36. The lowest BCUT2D eigenvalue weighted by Crippen LogP contribution is -2.51. The first-order chi connectivity index (χ1) is 17.0. The van der Waals surface area contributed by atoms with E-state index in [9.17, 15) is 14.4 Å². The van der Waals surface area contributed by atoms with Gasteiger partial charge < -0.3 is 15.0 Å². The topological polar surface area (TPSA) is 75.7 Å². The minimum Gasteiger partial charge on any atom is -0.497 e.